The number of carbonyl (C=O) groups excluding carboxylic acids is 1. The van der Waals surface area contributed by atoms with Crippen LogP contribution in [0.4, 0.5) is 5.13 Å². The van der Waals surface area contributed by atoms with E-state index < -0.39 is 0 Å². The van der Waals surface area contributed by atoms with E-state index in [1.54, 1.807) is 12.1 Å². The van der Waals surface area contributed by atoms with Crippen LogP contribution in [-0.4, -0.2) is 22.7 Å². The third-order valence-electron chi connectivity index (χ3n) is 2.70. The third kappa shape index (κ3) is 4.26. The minimum absolute atomic E-state index is 0.230. The Labute approximate surface area is 128 Å². The van der Waals surface area contributed by atoms with Gasteiger partial charge in [0.05, 0.1) is 12.2 Å². The van der Waals surface area contributed by atoms with E-state index >= 15 is 0 Å². The maximum absolute atomic E-state index is 12.3. The number of para-hydroxylation sites is 1. The molecule has 1 aromatic heterocycles. The van der Waals surface area contributed by atoms with Crippen LogP contribution in [0.2, 0.25) is 0 Å². The largest absolute Gasteiger partial charge is 0.493 e. The van der Waals surface area contributed by atoms with Gasteiger partial charge >= 0.3 is 0 Å². The Hall–Kier alpha value is -1.95. The first kappa shape index (κ1) is 15.4. The summed E-state index contributed by atoms with van der Waals surface area (Å²) in [6, 6.07) is 7.16. The molecule has 21 heavy (non-hydrogen) atoms. The number of ether oxygens (including phenoxy) is 1. The van der Waals surface area contributed by atoms with Gasteiger partial charge in [-0.2, -0.15) is 0 Å². The minimum atomic E-state index is -0.230. The zero-order valence-electron chi connectivity index (χ0n) is 12.4. The summed E-state index contributed by atoms with van der Waals surface area (Å²) in [6.45, 7) is 6.65. The number of rotatable bonds is 6. The summed E-state index contributed by atoms with van der Waals surface area (Å²) in [5, 5.41) is 12.3. The van der Waals surface area contributed by atoms with Crippen molar-refractivity contribution in [1.29, 1.82) is 0 Å². The van der Waals surface area contributed by atoms with Crippen molar-refractivity contribution in [2.24, 2.45) is 5.92 Å². The highest BCUT2D eigenvalue weighted by atomic mass is 32.1. The maximum Gasteiger partial charge on any atom is 0.261 e. The molecule has 1 N–H and O–H groups in total. The van der Waals surface area contributed by atoms with Gasteiger partial charge < -0.3 is 4.74 Å². The van der Waals surface area contributed by atoms with E-state index in [1.165, 1.54) is 11.3 Å². The molecule has 0 bridgehead atoms. The molecule has 0 aliphatic rings. The SMILES string of the molecule is CCOc1ccccc1C(=O)Nc1nnc(CC(C)C)s1. The molecule has 0 fully saturated rings. The normalized spacial score (nSPS) is 10.7. The summed E-state index contributed by atoms with van der Waals surface area (Å²) in [5.74, 6) is 0.857. The zero-order chi connectivity index (χ0) is 15.2. The van der Waals surface area contributed by atoms with Crippen molar-refractivity contribution in [3.05, 3.63) is 34.8 Å². The van der Waals surface area contributed by atoms with Crippen molar-refractivity contribution in [3.63, 3.8) is 0 Å². The number of nitrogens with one attached hydrogen (secondary N) is 1. The van der Waals surface area contributed by atoms with Gasteiger partial charge in [0.1, 0.15) is 10.8 Å². The van der Waals surface area contributed by atoms with Crippen LogP contribution in [0.5, 0.6) is 5.75 Å². The van der Waals surface area contributed by atoms with Crippen molar-refractivity contribution in [2.75, 3.05) is 11.9 Å². The molecule has 0 radical (unpaired) electrons. The molecule has 0 saturated carbocycles. The fourth-order valence-corrected chi connectivity index (χ4v) is 2.78. The lowest BCUT2D eigenvalue weighted by molar-refractivity contribution is 0.102. The molecule has 1 amide bonds. The molecule has 5 nitrogen and oxygen atoms in total. The van der Waals surface area contributed by atoms with Crippen LogP contribution in [0.15, 0.2) is 24.3 Å². The molecule has 0 spiro atoms. The highest BCUT2D eigenvalue weighted by molar-refractivity contribution is 7.15. The molecule has 0 aliphatic heterocycles. The fourth-order valence-electron chi connectivity index (χ4n) is 1.84. The average molecular weight is 305 g/mol. The number of nitrogens with zero attached hydrogens (tertiary/aromatic N) is 2. The first-order chi connectivity index (χ1) is 10.1. The maximum atomic E-state index is 12.3. The number of benzene rings is 1. The van der Waals surface area contributed by atoms with Crippen molar-refractivity contribution < 1.29 is 9.53 Å². The quantitative estimate of drug-likeness (QED) is 0.888. The molecule has 2 rings (SSSR count). The van der Waals surface area contributed by atoms with Crippen LogP contribution in [0.1, 0.15) is 36.1 Å². The van der Waals surface area contributed by atoms with Crippen LogP contribution in [0.3, 0.4) is 0 Å². The molecular formula is C15H19N3O2S. The van der Waals surface area contributed by atoms with E-state index in [0.29, 0.717) is 29.0 Å². The molecule has 112 valence electrons. The second-order valence-electron chi connectivity index (χ2n) is 4.98. The number of carbonyl (C=O) groups is 1. The summed E-state index contributed by atoms with van der Waals surface area (Å²) >= 11 is 1.41. The Kier molecular flexibility index (Phi) is 5.27. The lowest BCUT2D eigenvalue weighted by Gasteiger charge is -2.08. The van der Waals surface area contributed by atoms with E-state index in [4.69, 9.17) is 4.74 Å². The summed E-state index contributed by atoms with van der Waals surface area (Å²) in [6.07, 6.45) is 0.864. The summed E-state index contributed by atoms with van der Waals surface area (Å²) in [5.41, 5.74) is 0.500. The van der Waals surface area contributed by atoms with Gasteiger partial charge in [-0.05, 0) is 25.0 Å². The Bertz CT molecular complexity index is 610. The Morgan fingerprint density at radius 2 is 2.10 bits per heavy atom. The number of hydrogen-bond donors (Lipinski definition) is 1. The standard InChI is InChI=1S/C15H19N3O2S/c1-4-20-12-8-6-5-7-11(12)14(19)16-15-18-17-13(21-15)9-10(2)3/h5-8,10H,4,9H2,1-3H3,(H,16,18,19). The van der Waals surface area contributed by atoms with E-state index in [-0.39, 0.29) is 5.91 Å². The Morgan fingerprint density at radius 1 is 1.33 bits per heavy atom. The number of hydrogen-bond acceptors (Lipinski definition) is 5. The lowest BCUT2D eigenvalue weighted by atomic mass is 10.1. The van der Waals surface area contributed by atoms with Gasteiger partial charge in [0.15, 0.2) is 0 Å². The molecule has 2 aromatic rings. The molecule has 0 saturated heterocycles. The van der Waals surface area contributed by atoms with Crippen LogP contribution in [0.25, 0.3) is 0 Å². The highest BCUT2D eigenvalue weighted by Gasteiger charge is 2.14. The number of aromatic nitrogens is 2. The summed E-state index contributed by atoms with van der Waals surface area (Å²) < 4.78 is 5.46. The third-order valence-corrected chi connectivity index (χ3v) is 3.56. The van der Waals surface area contributed by atoms with Crippen molar-refractivity contribution >= 4 is 22.4 Å². The van der Waals surface area contributed by atoms with Crippen LogP contribution < -0.4 is 10.1 Å². The van der Waals surface area contributed by atoms with Crippen molar-refractivity contribution in [1.82, 2.24) is 10.2 Å². The van der Waals surface area contributed by atoms with Crippen molar-refractivity contribution in [2.45, 2.75) is 27.2 Å². The summed E-state index contributed by atoms with van der Waals surface area (Å²) in [7, 11) is 0. The second-order valence-corrected chi connectivity index (χ2v) is 6.04. The Balaban J connectivity index is 2.09. The first-order valence-electron chi connectivity index (χ1n) is 6.95. The van der Waals surface area contributed by atoms with E-state index in [1.807, 2.05) is 19.1 Å². The molecular weight excluding hydrogens is 286 g/mol. The predicted molar refractivity (Wildman–Crippen MR) is 84.0 cm³/mol. The number of anilines is 1. The highest BCUT2D eigenvalue weighted by Crippen LogP contribution is 2.22. The topological polar surface area (TPSA) is 64.1 Å². The molecule has 1 aromatic carbocycles. The van der Waals surface area contributed by atoms with Crippen LogP contribution in [0, 0.1) is 5.92 Å². The lowest BCUT2D eigenvalue weighted by Crippen LogP contribution is -2.13. The first-order valence-corrected chi connectivity index (χ1v) is 7.77. The zero-order valence-corrected chi connectivity index (χ0v) is 13.2. The van der Waals surface area contributed by atoms with Gasteiger partial charge in [0, 0.05) is 6.42 Å². The van der Waals surface area contributed by atoms with Gasteiger partial charge in [-0.3, -0.25) is 10.1 Å². The molecule has 6 heteroatoms. The van der Waals surface area contributed by atoms with E-state index in [9.17, 15) is 4.79 Å². The van der Waals surface area contributed by atoms with E-state index in [2.05, 4.69) is 29.4 Å². The molecule has 0 aliphatic carbocycles. The fraction of sp³-hybridized carbons (Fsp3) is 0.400. The number of amides is 1. The van der Waals surface area contributed by atoms with Gasteiger partial charge in [-0.1, -0.05) is 37.3 Å². The molecule has 0 unspecified atom stereocenters. The predicted octanol–water partition coefficient (Wildman–Crippen LogP) is 3.39. The molecule has 1 heterocycles. The van der Waals surface area contributed by atoms with Gasteiger partial charge in [0.2, 0.25) is 5.13 Å². The summed E-state index contributed by atoms with van der Waals surface area (Å²) in [4.78, 5) is 12.3. The Morgan fingerprint density at radius 3 is 2.81 bits per heavy atom. The molecule has 0 atom stereocenters. The van der Waals surface area contributed by atoms with Gasteiger partial charge in [0.25, 0.3) is 5.91 Å². The van der Waals surface area contributed by atoms with E-state index in [0.717, 1.165) is 11.4 Å². The average Bonchev–Trinajstić information content (AvgIpc) is 2.86. The van der Waals surface area contributed by atoms with Crippen LogP contribution >= 0.6 is 11.3 Å². The van der Waals surface area contributed by atoms with Gasteiger partial charge in [-0.15, -0.1) is 10.2 Å². The minimum Gasteiger partial charge on any atom is -0.493 e. The van der Waals surface area contributed by atoms with Gasteiger partial charge in [-0.25, -0.2) is 0 Å². The van der Waals surface area contributed by atoms with Crippen molar-refractivity contribution in [3.8, 4) is 5.75 Å². The van der Waals surface area contributed by atoms with Crippen LogP contribution in [-0.2, 0) is 6.42 Å². The smallest absolute Gasteiger partial charge is 0.261 e. The monoisotopic (exact) mass is 305 g/mol. The second kappa shape index (κ2) is 7.17.